The van der Waals surface area contributed by atoms with Crippen LogP contribution in [-0.2, 0) is 0 Å². The van der Waals surface area contributed by atoms with Gasteiger partial charge < -0.3 is 10.4 Å². The number of hydrogen-bond acceptors (Lipinski definition) is 3. The fourth-order valence-electron chi connectivity index (χ4n) is 3.04. The number of aromatic nitrogens is 2. The van der Waals surface area contributed by atoms with Crippen LogP contribution in [0, 0.1) is 12.8 Å². The molecule has 0 saturated heterocycles. The summed E-state index contributed by atoms with van der Waals surface area (Å²) >= 11 is 6.01. The molecule has 1 aromatic carbocycles. The third-order valence-electron chi connectivity index (χ3n) is 4.25. The van der Waals surface area contributed by atoms with Gasteiger partial charge in [-0.05, 0) is 50.3 Å². The first kappa shape index (κ1) is 16.8. The molecule has 0 bridgehead atoms. The van der Waals surface area contributed by atoms with Crippen LogP contribution in [0.4, 0.5) is 10.6 Å². The topological polar surface area (TPSA) is 79.2 Å². The number of anilines is 1. The number of urea groups is 1. The van der Waals surface area contributed by atoms with Gasteiger partial charge in [0.1, 0.15) is 0 Å². The third kappa shape index (κ3) is 4.07. The lowest BCUT2D eigenvalue weighted by Gasteiger charge is -2.10. The number of nitrogens with zero attached hydrogens (tertiary/aromatic N) is 2. The second kappa shape index (κ2) is 7.23. The van der Waals surface area contributed by atoms with Crippen molar-refractivity contribution in [3.8, 4) is 5.69 Å². The molecule has 7 heteroatoms. The second-order valence-corrected chi connectivity index (χ2v) is 6.67. The van der Waals surface area contributed by atoms with Crippen LogP contribution in [0.25, 0.3) is 5.69 Å². The van der Waals surface area contributed by atoms with Gasteiger partial charge in [0.05, 0.1) is 11.8 Å². The lowest BCUT2D eigenvalue weighted by Crippen LogP contribution is -2.32. The van der Waals surface area contributed by atoms with Crippen LogP contribution in [0.2, 0.25) is 5.02 Å². The van der Waals surface area contributed by atoms with Crippen molar-refractivity contribution < 1.29 is 9.90 Å². The highest BCUT2D eigenvalue weighted by molar-refractivity contribution is 6.30. The van der Waals surface area contributed by atoms with E-state index in [-0.39, 0.29) is 12.1 Å². The predicted molar refractivity (Wildman–Crippen MR) is 93.7 cm³/mol. The van der Waals surface area contributed by atoms with Crippen LogP contribution in [0.3, 0.4) is 0 Å². The van der Waals surface area contributed by atoms with E-state index >= 15 is 0 Å². The van der Waals surface area contributed by atoms with Gasteiger partial charge in [-0.15, -0.1) is 5.10 Å². The summed E-state index contributed by atoms with van der Waals surface area (Å²) in [5.74, 6) is 0.827. The third-order valence-corrected chi connectivity index (χ3v) is 4.48. The number of carbonyl (C=O) groups is 1. The smallest absolute Gasteiger partial charge is 0.320 e. The fraction of sp³-hybridized carbons (Fsp3) is 0.412. The average Bonchev–Trinajstić information content (AvgIpc) is 3.11. The first-order chi connectivity index (χ1) is 11.5. The number of hydrogen-bond donors (Lipinski definition) is 3. The Labute approximate surface area is 145 Å². The number of aliphatic hydroxyl groups is 1. The predicted octanol–water partition coefficient (Wildman–Crippen LogP) is 3.12. The van der Waals surface area contributed by atoms with E-state index in [0.717, 1.165) is 30.6 Å². The second-order valence-electron chi connectivity index (χ2n) is 6.23. The van der Waals surface area contributed by atoms with Crippen molar-refractivity contribution in [3.05, 3.63) is 41.0 Å². The average molecular weight is 349 g/mol. The van der Waals surface area contributed by atoms with Crippen molar-refractivity contribution in [1.29, 1.82) is 0 Å². The maximum atomic E-state index is 12.0. The fourth-order valence-corrected chi connectivity index (χ4v) is 3.22. The number of carbonyl (C=O) groups excluding carboxylic acids is 1. The zero-order valence-corrected chi connectivity index (χ0v) is 14.3. The molecule has 2 atom stereocenters. The van der Waals surface area contributed by atoms with E-state index in [0.29, 0.717) is 23.3 Å². The van der Waals surface area contributed by atoms with Gasteiger partial charge in [-0.25, -0.2) is 9.48 Å². The van der Waals surface area contributed by atoms with E-state index in [1.54, 1.807) is 16.8 Å². The van der Waals surface area contributed by atoms with Gasteiger partial charge in [-0.3, -0.25) is 5.32 Å². The van der Waals surface area contributed by atoms with Crippen molar-refractivity contribution in [2.45, 2.75) is 32.3 Å². The number of aliphatic hydroxyl groups excluding tert-OH is 1. The minimum atomic E-state index is -0.285. The summed E-state index contributed by atoms with van der Waals surface area (Å²) in [6.07, 6.45) is 2.29. The van der Waals surface area contributed by atoms with Gasteiger partial charge in [0.15, 0.2) is 5.82 Å². The van der Waals surface area contributed by atoms with Crippen molar-refractivity contribution in [3.63, 3.8) is 0 Å². The highest BCUT2D eigenvalue weighted by Crippen LogP contribution is 2.24. The van der Waals surface area contributed by atoms with E-state index in [9.17, 15) is 9.90 Å². The summed E-state index contributed by atoms with van der Waals surface area (Å²) in [6.45, 7) is 2.48. The Balaban J connectivity index is 1.59. The molecule has 6 nitrogen and oxygen atoms in total. The van der Waals surface area contributed by atoms with E-state index in [1.807, 2.05) is 25.1 Å². The molecule has 1 aromatic heterocycles. The lowest BCUT2D eigenvalue weighted by molar-refractivity contribution is 0.177. The maximum Gasteiger partial charge on any atom is 0.320 e. The van der Waals surface area contributed by atoms with E-state index in [1.165, 1.54) is 0 Å². The summed E-state index contributed by atoms with van der Waals surface area (Å²) in [7, 11) is 0. The molecule has 128 valence electrons. The molecule has 3 N–H and O–H groups in total. The summed E-state index contributed by atoms with van der Waals surface area (Å²) in [5, 5.41) is 20.1. The molecule has 0 spiro atoms. The quantitative estimate of drug-likeness (QED) is 0.794. The highest BCUT2D eigenvalue weighted by atomic mass is 35.5. The Morgan fingerprint density at radius 3 is 2.96 bits per heavy atom. The summed E-state index contributed by atoms with van der Waals surface area (Å²) in [6, 6.07) is 8.90. The standard InChI is InChI=1S/C17H21ClN4O2/c1-11-7-16(21-22(11)14-4-2-3-13(18)9-14)20-17(24)19-10-12-5-6-15(23)8-12/h2-4,7,9,12,15,23H,5-6,8,10H2,1H3,(H2,19,20,21,24)/t12-,15-/m0/s1. The Bertz CT molecular complexity index is 731. The largest absolute Gasteiger partial charge is 0.393 e. The van der Waals surface area contributed by atoms with Crippen molar-refractivity contribution in [2.75, 3.05) is 11.9 Å². The highest BCUT2D eigenvalue weighted by Gasteiger charge is 2.23. The van der Waals surface area contributed by atoms with Crippen molar-refractivity contribution in [1.82, 2.24) is 15.1 Å². The molecule has 2 amide bonds. The number of rotatable bonds is 4. The molecular weight excluding hydrogens is 328 g/mol. The van der Waals surface area contributed by atoms with E-state index < -0.39 is 0 Å². The molecular formula is C17H21ClN4O2. The summed E-state index contributed by atoms with van der Waals surface area (Å²) in [5.41, 5.74) is 1.74. The molecule has 1 heterocycles. The van der Waals surface area contributed by atoms with Crippen molar-refractivity contribution in [2.24, 2.45) is 5.92 Å². The Morgan fingerprint density at radius 1 is 1.42 bits per heavy atom. The maximum absolute atomic E-state index is 12.0. The molecule has 2 aromatic rings. The minimum absolute atomic E-state index is 0.226. The Kier molecular flexibility index (Phi) is 5.06. The van der Waals surface area contributed by atoms with Crippen LogP contribution in [0.15, 0.2) is 30.3 Å². The molecule has 1 aliphatic rings. The molecule has 0 radical (unpaired) electrons. The zero-order valence-electron chi connectivity index (χ0n) is 13.5. The summed E-state index contributed by atoms with van der Waals surface area (Å²) < 4.78 is 1.73. The Morgan fingerprint density at radius 2 is 2.25 bits per heavy atom. The first-order valence-corrected chi connectivity index (χ1v) is 8.44. The molecule has 3 rings (SSSR count). The van der Waals surface area contributed by atoms with Crippen LogP contribution < -0.4 is 10.6 Å². The number of amides is 2. The van der Waals surface area contributed by atoms with E-state index in [4.69, 9.17) is 11.6 Å². The molecule has 24 heavy (non-hydrogen) atoms. The van der Waals surface area contributed by atoms with Gasteiger partial charge in [-0.2, -0.15) is 0 Å². The van der Waals surface area contributed by atoms with Crippen LogP contribution in [0.5, 0.6) is 0 Å². The number of nitrogens with one attached hydrogen (secondary N) is 2. The van der Waals surface area contributed by atoms with Crippen molar-refractivity contribution >= 4 is 23.4 Å². The van der Waals surface area contributed by atoms with Gasteiger partial charge in [-0.1, -0.05) is 17.7 Å². The monoisotopic (exact) mass is 348 g/mol. The van der Waals surface area contributed by atoms with Crippen LogP contribution >= 0.6 is 11.6 Å². The van der Waals surface area contributed by atoms with Gasteiger partial charge in [0.25, 0.3) is 0 Å². The van der Waals surface area contributed by atoms with Crippen LogP contribution in [-0.4, -0.2) is 33.6 Å². The van der Waals surface area contributed by atoms with E-state index in [2.05, 4.69) is 15.7 Å². The number of aryl methyl sites for hydroxylation is 1. The lowest BCUT2D eigenvalue weighted by atomic mass is 10.1. The molecule has 1 saturated carbocycles. The van der Waals surface area contributed by atoms with Crippen LogP contribution in [0.1, 0.15) is 25.0 Å². The Hall–Kier alpha value is -2.05. The first-order valence-electron chi connectivity index (χ1n) is 8.07. The SMILES string of the molecule is Cc1cc(NC(=O)NC[C@H]2CC[C@H](O)C2)nn1-c1cccc(Cl)c1. The molecule has 1 aliphatic carbocycles. The number of benzene rings is 1. The molecule has 0 unspecified atom stereocenters. The molecule has 1 fully saturated rings. The molecule has 0 aliphatic heterocycles. The van der Waals surface area contributed by atoms with Gasteiger partial charge >= 0.3 is 6.03 Å². The zero-order chi connectivity index (χ0) is 17.1. The normalized spacial score (nSPS) is 20.1. The summed E-state index contributed by atoms with van der Waals surface area (Å²) in [4.78, 5) is 12.0. The van der Waals surface area contributed by atoms with Gasteiger partial charge in [0, 0.05) is 23.3 Å². The minimum Gasteiger partial charge on any atom is -0.393 e. The number of halogens is 1. The van der Waals surface area contributed by atoms with Gasteiger partial charge in [0.2, 0.25) is 0 Å².